The summed E-state index contributed by atoms with van der Waals surface area (Å²) in [6.07, 6.45) is 0.617. The van der Waals surface area contributed by atoms with E-state index in [1.54, 1.807) is 0 Å². The summed E-state index contributed by atoms with van der Waals surface area (Å²) < 4.78 is 0. The average Bonchev–Trinajstić information content (AvgIpc) is 1.96. The molecule has 0 heterocycles. The number of rotatable bonds is 6. The molecule has 0 aromatic carbocycles. The molecule has 0 aliphatic carbocycles. The SMILES string of the molecule is CC(C)NC(=O)CCCO[N+](=O)[O-]. The summed E-state index contributed by atoms with van der Waals surface area (Å²) in [5.41, 5.74) is 0. The van der Waals surface area contributed by atoms with Crippen LogP contribution in [0.2, 0.25) is 0 Å². The summed E-state index contributed by atoms with van der Waals surface area (Å²) in [5.74, 6) is -0.109. The van der Waals surface area contributed by atoms with Gasteiger partial charge in [0, 0.05) is 12.5 Å². The highest BCUT2D eigenvalue weighted by atomic mass is 16.9. The minimum Gasteiger partial charge on any atom is -0.354 e. The molecular weight excluding hydrogens is 176 g/mol. The van der Waals surface area contributed by atoms with Crippen molar-refractivity contribution >= 4 is 5.91 Å². The number of amides is 1. The quantitative estimate of drug-likeness (QED) is 0.375. The van der Waals surface area contributed by atoms with Crippen LogP contribution in [0.3, 0.4) is 0 Å². The van der Waals surface area contributed by atoms with Crippen LogP contribution >= 0.6 is 0 Å². The Kier molecular flexibility index (Phi) is 5.58. The monoisotopic (exact) mass is 190 g/mol. The molecule has 0 atom stereocenters. The molecule has 0 saturated heterocycles. The molecule has 6 heteroatoms. The second-order valence-electron chi connectivity index (χ2n) is 2.88. The number of hydrogen-bond donors (Lipinski definition) is 1. The van der Waals surface area contributed by atoms with E-state index in [2.05, 4.69) is 10.2 Å². The standard InChI is InChI=1S/C7H14N2O4/c1-6(2)8-7(10)4-3-5-13-9(11)12/h6H,3-5H2,1-2H3,(H,8,10). The smallest absolute Gasteiger partial charge is 0.294 e. The Morgan fingerprint density at radius 1 is 1.62 bits per heavy atom. The van der Waals surface area contributed by atoms with Crippen molar-refractivity contribution < 1.29 is 14.7 Å². The summed E-state index contributed by atoms with van der Waals surface area (Å²) in [6, 6.07) is 0.101. The van der Waals surface area contributed by atoms with Gasteiger partial charge in [0.05, 0.1) is 6.61 Å². The van der Waals surface area contributed by atoms with Crippen molar-refractivity contribution in [2.75, 3.05) is 6.61 Å². The Morgan fingerprint density at radius 2 is 2.23 bits per heavy atom. The number of carbonyl (C=O) groups is 1. The zero-order valence-electron chi connectivity index (χ0n) is 7.78. The van der Waals surface area contributed by atoms with Crippen molar-refractivity contribution in [2.24, 2.45) is 0 Å². The van der Waals surface area contributed by atoms with Crippen molar-refractivity contribution in [3.63, 3.8) is 0 Å². The van der Waals surface area contributed by atoms with Gasteiger partial charge in [-0.2, -0.15) is 0 Å². The molecule has 0 fully saturated rings. The van der Waals surface area contributed by atoms with E-state index in [0.717, 1.165) is 0 Å². The molecule has 6 nitrogen and oxygen atoms in total. The largest absolute Gasteiger partial charge is 0.354 e. The van der Waals surface area contributed by atoms with E-state index in [9.17, 15) is 14.9 Å². The van der Waals surface area contributed by atoms with Gasteiger partial charge in [0.2, 0.25) is 5.91 Å². The Labute approximate surface area is 76.4 Å². The topological polar surface area (TPSA) is 81.5 Å². The van der Waals surface area contributed by atoms with Gasteiger partial charge in [-0.25, -0.2) is 0 Å². The zero-order chi connectivity index (χ0) is 10.3. The van der Waals surface area contributed by atoms with Crippen molar-refractivity contribution in [3.05, 3.63) is 10.1 Å². The number of nitrogens with zero attached hydrogens (tertiary/aromatic N) is 1. The molecule has 0 radical (unpaired) electrons. The first-order valence-corrected chi connectivity index (χ1v) is 4.09. The maximum atomic E-state index is 11.0. The van der Waals surface area contributed by atoms with Crippen molar-refractivity contribution in [2.45, 2.75) is 32.7 Å². The third-order valence-corrected chi connectivity index (χ3v) is 1.19. The maximum absolute atomic E-state index is 11.0. The Balaban J connectivity index is 3.32. The van der Waals surface area contributed by atoms with Gasteiger partial charge in [-0.1, -0.05) is 0 Å². The fourth-order valence-electron chi connectivity index (χ4n) is 0.766. The van der Waals surface area contributed by atoms with Crippen molar-refractivity contribution in [1.82, 2.24) is 5.32 Å². The molecular formula is C7H14N2O4. The molecule has 76 valence electrons. The van der Waals surface area contributed by atoms with Crippen LogP contribution in [0, 0.1) is 10.1 Å². The lowest BCUT2D eigenvalue weighted by atomic mass is 10.3. The van der Waals surface area contributed by atoms with E-state index in [1.165, 1.54) is 0 Å². The van der Waals surface area contributed by atoms with Gasteiger partial charge in [0.1, 0.15) is 0 Å². The molecule has 0 unspecified atom stereocenters. The molecule has 0 saturated carbocycles. The molecule has 1 N–H and O–H groups in total. The first kappa shape index (κ1) is 11.7. The zero-order valence-corrected chi connectivity index (χ0v) is 7.78. The van der Waals surface area contributed by atoms with Crippen LogP contribution in [0.15, 0.2) is 0 Å². The van der Waals surface area contributed by atoms with Crippen LogP contribution in [0.25, 0.3) is 0 Å². The minimum absolute atomic E-state index is 0.0293. The van der Waals surface area contributed by atoms with E-state index in [1.807, 2.05) is 13.8 Å². The first-order valence-electron chi connectivity index (χ1n) is 4.09. The van der Waals surface area contributed by atoms with Crippen LogP contribution in [0.5, 0.6) is 0 Å². The second-order valence-corrected chi connectivity index (χ2v) is 2.88. The molecule has 0 spiro atoms. The highest BCUT2D eigenvalue weighted by molar-refractivity contribution is 5.76. The maximum Gasteiger partial charge on any atom is 0.294 e. The predicted octanol–water partition coefficient (Wildman–Crippen LogP) is 0.500. The van der Waals surface area contributed by atoms with Crippen LogP contribution in [0.4, 0.5) is 0 Å². The lowest BCUT2D eigenvalue weighted by Gasteiger charge is -2.07. The van der Waals surface area contributed by atoms with Gasteiger partial charge >= 0.3 is 0 Å². The molecule has 0 bridgehead atoms. The molecule has 0 rings (SSSR count). The van der Waals surface area contributed by atoms with Crippen LogP contribution in [0.1, 0.15) is 26.7 Å². The van der Waals surface area contributed by atoms with E-state index < -0.39 is 5.09 Å². The molecule has 0 aromatic heterocycles. The van der Waals surface area contributed by atoms with Crippen molar-refractivity contribution in [1.29, 1.82) is 0 Å². The highest BCUT2D eigenvalue weighted by Crippen LogP contribution is 1.91. The predicted molar refractivity (Wildman–Crippen MR) is 45.5 cm³/mol. The minimum atomic E-state index is -0.861. The molecule has 13 heavy (non-hydrogen) atoms. The summed E-state index contributed by atoms with van der Waals surface area (Å²) in [6.45, 7) is 3.68. The van der Waals surface area contributed by atoms with E-state index in [0.29, 0.717) is 6.42 Å². The van der Waals surface area contributed by atoms with Crippen LogP contribution in [-0.4, -0.2) is 23.6 Å². The summed E-state index contributed by atoms with van der Waals surface area (Å²) >= 11 is 0. The van der Waals surface area contributed by atoms with Crippen molar-refractivity contribution in [3.8, 4) is 0 Å². The average molecular weight is 190 g/mol. The first-order chi connectivity index (χ1) is 6.02. The van der Waals surface area contributed by atoms with Gasteiger partial charge in [-0.15, -0.1) is 10.1 Å². The summed E-state index contributed by atoms with van der Waals surface area (Å²) in [5, 5.41) is 11.5. The fourth-order valence-corrected chi connectivity index (χ4v) is 0.766. The third-order valence-electron chi connectivity index (χ3n) is 1.19. The van der Waals surface area contributed by atoms with Gasteiger partial charge in [0.25, 0.3) is 5.09 Å². The van der Waals surface area contributed by atoms with E-state index >= 15 is 0 Å². The van der Waals surface area contributed by atoms with E-state index in [4.69, 9.17) is 0 Å². The summed E-state index contributed by atoms with van der Waals surface area (Å²) in [4.78, 5) is 24.7. The third kappa shape index (κ3) is 8.58. The number of nitrogens with one attached hydrogen (secondary N) is 1. The lowest BCUT2D eigenvalue weighted by Crippen LogP contribution is -2.30. The second kappa shape index (κ2) is 6.22. The lowest BCUT2D eigenvalue weighted by molar-refractivity contribution is -0.757. The Morgan fingerprint density at radius 3 is 2.69 bits per heavy atom. The Hall–Kier alpha value is -1.33. The molecule has 1 amide bonds. The molecule has 0 aromatic rings. The highest BCUT2D eigenvalue weighted by Gasteiger charge is 2.03. The molecule has 0 aliphatic heterocycles. The van der Waals surface area contributed by atoms with E-state index in [-0.39, 0.29) is 25.0 Å². The number of hydrogen-bond acceptors (Lipinski definition) is 4. The van der Waals surface area contributed by atoms with Gasteiger partial charge in [0.15, 0.2) is 0 Å². The Bertz CT molecular complexity index is 181. The van der Waals surface area contributed by atoms with Gasteiger partial charge < -0.3 is 10.2 Å². The normalized spacial score (nSPS) is 9.77. The van der Waals surface area contributed by atoms with Gasteiger partial charge in [-0.3, -0.25) is 4.79 Å². The van der Waals surface area contributed by atoms with Crippen LogP contribution in [-0.2, 0) is 9.63 Å². The summed E-state index contributed by atoms with van der Waals surface area (Å²) in [7, 11) is 0. The van der Waals surface area contributed by atoms with Crippen LogP contribution < -0.4 is 5.32 Å². The molecule has 0 aliphatic rings. The number of carbonyl (C=O) groups excluding carboxylic acids is 1. The van der Waals surface area contributed by atoms with Gasteiger partial charge in [-0.05, 0) is 20.3 Å². The fraction of sp³-hybridized carbons (Fsp3) is 0.857.